The second-order valence-electron chi connectivity index (χ2n) is 8.63. The van der Waals surface area contributed by atoms with Gasteiger partial charge in [-0.25, -0.2) is 9.80 Å². The minimum Gasteiger partial charge on any atom is -0.268 e. The van der Waals surface area contributed by atoms with E-state index in [1.807, 2.05) is 93.5 Å². The Balaban J connectivity index is 0.000000713. The fourth-order valence-corrected chi connectivity index (χ4v) is 4.73. The first-order valence-electron chi connectivity index (χ1n) is 14.9. The highest BCUT2D eigenvalue weighted by atomic mass is 16.2. The summed E-state index contributed by atoms with van der Waals surface area (Å²) in [4.78, 5) is 56.0. The third-order valence-corrected chi connectivity index (χ3v) is 6.48. The van der Waals surface area contributed by atoms with Crippen LogP contribution < -0.4 is 9.80 Å². The van der Waals surface area contributed by atoms with Gasteiger partial charge >= 0.3 is 0 Å². The number of rotatable bonds is 2. The van der Waals surface area contributed by atoms with Crippen molar-refractivity contribution in [2.45, 2.75) is 69.2 Å². The van der Waals surface area contributed by atoms with Gasteiger partial charge in [-0.2, -0.15) is 0 Å². The van der Waals surface area contributed by atoms with Crippen LogP contribution in [0.1, 0.15) is 108 Å². The average molecular weight is 567 g/mol. The number of nitrogens with zero attached hydrogens (tertiary/aromatic N) is 2. The van der Waals surface area contributed by atoms with E-state index >= 15 is 0 Å². The van der Waals surface area contributed by atoms with Crippen molar-refractivity contribution in [3.63, 3.8) is 0 Å². The molecule has 6 heteroatoms. The van der Waals surface area contributed by atoms with Gasteiger partial charge < -0.3 is 0 Å². The van der Waals surface area contributed by atoms with Crippen molar-refractivity contribution in [1.82, 2.24) is 0 Å². The number of amides is 4. The molecule has 6 nitrogen and oxygen atoms in total. The predicted octanol–water partition coefficient (Wildman–Crippen LogP) is 9.16. The second-order valence-corrected chi connectivity index (χ2v) is 8.63. The summed E-state index contributed by atoms with van der Waals surface area (Å²) < 4.78 is 0. The van der Waals surface area contributed by atoms with E-state index in [2.05, 4.69) is 0 Å². The molecule has 0 bridgehead atoms. The zero-order chi connectivity index (χ0) is 31.7. The number of benzene rings is 4. The predicted molar refractivity (Wildman–Crippen MR) is 174 cm³/mol. The summed E-state index contributed by atoms with van der Waals surface area (Å²) in [6, 6.07) is 20.5. The molecule has 4 amide bonds. The number of hydrogen-bond donors (Lipinski definition) is 0. The van der Waals surface area contributed by atoms with Crippen LogP contribution in [0.15, 0.2) is 72.8 Å². The van der Waals surface area contributed by atoms with Crippen LogP contribution in [0.5, 0.6) is 0 Å². The molecule has 0 fully saturated rings. The van der Waals surface area contributed by atoms with Crippen molar-refractivity contribution in [1.29, 1.82) is 0 Å². The normalized spacial score (nSPS) is 12.6. The van der Waals surface area contributed by atoms with E-state index in [0.29, 0.717) is 44.4 Å². The average Bonchev–Trinajstić information content (AvgIpc) is 3.04. The van der Waals surface area contributed by atoms with Gasteiger partial charge in [0.2, 0.25) is 0 Å². The third kappa shape index (κ3) is 5.75. The van der Waals surface area contributed by atoms with Crippen LogP contribution in [0.2, 0.25) is 0 Å². The zero-order valence-electron chi connectivity index (χ0n) is 26.5. The van der Waals surface area contributed by atoms with Crippen LogP contribution in [0.4, 0.5) is 11.4 Å². The van der Waals surface area contributed by atoms with Gasteiger partial charge in [0.05, 0.1) is 11.4 Å². The van der Waals surface area contributed by atoms with Crippen LogP contribution in [-0.2, 0) is 0 Å². The minimum absolute atomic E-state index is 0.292. The Kier molecular flexibility index (Phi) is 11.9. The topological polar surface area (TPSA) is 74.8 Å². The fourth-order valence-electron chi connectivity index (χ4n) is 4.73. The molecule has 4 aromatic carbocycles. The maximum atomic E-state index is 13.4. The molecule has 0 saturated carbocycles. The summed E-state index contributed by atoms with van der Waals surface area (Å²) in [6.07, 6.45) is 0. The molecule has 2 heterocycles. The standard InChI is InChI=1S/C28H18N2O4.4C2H6/c1-15-3-7-17(8-4-15)29-25(31)19-11-13-21-24-22(14-12-20(23(19)24)26(29)32)28(34)30(27(21)33)18-9-5-16(2)6-10-18;4*1-2/h3-14H,1-2H3;4*1-2H3. The smallest absolute Gasteiger partial charge is 0.265 e. The minimum atomic E-state index is -0.481. The molecule has 2 aliphatic rings. The van der Waals surface area contributed by atoms with Crippen molar-refractivity contribution in [3.05, 3.63) is 106 Å². The van der Waals surface area contributed by atoms with Gasteiger partial charge in [0, 0.05) is 33.0 Å². The van der Waals surface area contributed by atoms with Gasteiger partial charge in [0.25, 0.3) is 23.6 Å². The van der Waals surface area contributed by atoms with E-state index in [1.165, 1.54) is 0 Å². The van der Waals surface area contributed by atoms with Gasteiger partial charge in [-0.05, 0) is 62.4 Å². The zero-order valence-corrected chi connectivity index (χ0v) is 26.5. The molecule has 0 aliphatic carbocycles. The number of carbonyl (C=O) groups is 4. The lowest BCUT2D eigenvalue weighted by Crippen LogP contribution is -2.43. The maximum Gasteiger partial charge on any atom is 0.265 e. The monoisotopic (exact) mass is 566 g/mol. The van der Waals surface area contributed by atoms with Gasteiger partial charge in [0.1, 0.15) is 0 Å². The maximum absolute atomic E-state index is 13.4. The van der Waals surface area contributed by atoms with E-state index in [0.717, 1.165) is 20.9 Å². The highest BCUT2D eigenvalue weighted by molar-refractivity contribution is 6.42. The molecule has 0 spiro atoms. The molecule has 0 radical (unpaired) electrons. The summed E-state index contributed by atoms with van der Waals surface area (Å²) in [5, 5.41) is 0.720. The van der Waals surface area contributed by atoms with Crippen LogP contribution >= 0.6 is 0 Å². The summed E-state index contributed by atoms with van der Waals surface area (Å²) >= 11 is 0. The Morgan fingerprint density at radius 2 is 0.571 bits per heavy atom. The quantitative estimate of drug-likeness (QED) is 0.227. The lowest BCUT2D eigenvalue weighted by Gasteiger charge is -2.32. The van der Waals surface area contributed by atoms with Gasteiger partial charge in [0.15, 0.2) is 0 Å². The molecule has 4 aromatic rings. The molecule has 42 heavy (non-hydrogen) atoms. The van der Waals surface area contributed by atoms with Gasteiger partial charge in [-0.3, -0.25) is 19.2 Å². The van der Waals surface area contributed by atoms with Crippen molar-refractivity contribution in [3.8, 4) is 0 Å². The molecule has 0 aromatic heterocycles. The molecule has 220 valence electrons. The Hall–Kier alpha value is -4.58. The Morgan fingerprint density at radius 3 is 0.786 bits per heavy atom. The van der Waals surface area contributed by atoms with Crippen molar-refractivity contribution >= 4 is 45.8 Å². The largest absolute Gasteiger partial charge is 0.268 e. The lowest BCUT2D eigenvalue weighted by atomic mass is 9.85. The molecule has 0 atom stereocenters. The number of aryl methyl sites for hydroxylation is 2. The Bertz CT molecular complexity index is 1400. The van der Waals surface area contributed by atoms with Gasteiger partial charge in [-0.15, -0.1) is 0 Å². The van der Waals surface area contributed by atoms with E-state index in [-0.39, 0.29) is 0 Å². The first-order valence-corrected chi connectivity index (χ1v) is 14.9. The lowest BCUT2D eigenvalue weighted by molar-refractivity contribution is 0.0873. The van der Waals surface area contributed by atoms with Crippen molar-refractivity contribution in [2.75, 3.05) is 9.80 Å². The van der Waals surface area contributed by atoms with Crippen molar-refractivity contribution in [2.24, 2.45) is 0 Å². The molecule has 0 saturated heterocycles. The molecular formula is C36H42N2O4. The van der Waals surface area contributed by atoms with Crippen LogP contribution in [0.3, 0.4) is 0 Å². The van der Waals surface area contributed by atoms with Crippen LogP contribution in [0, 0.1) is 13.8 Å². The second kappa shape index (κ2) is 14.9. The Morgan fingerprint density at radius 1 is 0.357 bits per heavy atom. The first kappa shape index (κ1) is 33.6. The van der Waals surface area contributed by atoms with Gasteiger partial charge in [-0.1, -0.05) is 90.8 Å². The van der Waals surface area contributed by atoms with E-state index in [4.69, 9.17) is 0 Å². The fraction of sp³-hybridized carbons (Fsp3) is 0.278. The highest BCUT2D eigenvalue weighted by Gasteiger charge is 2.40. The number of imide groups is 2. The van der Waals surface area contributed by atoms with Crippen LogP contribution in [-0.4, -0.2) is 23.6 Å². The number of hydrogen-bond acceptors (Lipinski definition) is 4. The van der Waals surface area contributed by atoms with Crippen molar-refractivity contribution < 1.29 is 19.2 Å². The summed E-state index contributed by atoms with van der Waals surface area (Å²) in [6.45, 7) is 19.9. The molecule has 0 unspecified atom stereocenters. The molecular weight excluding hydrogens is 524 g/mol. The van der Waals surface area contributed by atoms with E-state index in [1.54, 1.807) is 48.5 Å². The van der Waals surface area contributed by atoms with Crippen LogP contribution in [0.25, 0.3) is 10.8 Å². The third-order valence-electron chi connectivity index (χ3n) is 6.48. The van der Waals surface area contributed by atoms with E-state index < -0.39 is 23.6 Å². The molecule has 6 rings (SSSR count). The molecule has 0 N–H and O–H groups in total. The SMILES string of the molecule is CC.CC.CC.CC.Cc1ccc(N2C(=O)c3ccc4c5c(ccc(c35)C2=O)C(=O)N(c2ccc(C)cc2)C4=O)cc1. The first-order chi connectivity index (χ1) is 20.4. The van der Waals surface area contributed by atoms with E-state index in [9.17, 15) is 19.2 Å². The number of carbonyl (C=O) groups excluding carboxylic acids is 4. The highest BCUT2D eigenvalue weighted by Crippen LogP contribution is 2.40. The summed E-state index contributed by atoms with van der Waals surface area (Å²) in [5.41, 5.74) is 4.12. The Labute approximate surface area is 250 Å². The summed E-state index contributed by atoms with van der Waals surface area (Å²) in [5.74, 6) is -1.92. The number of anilines is 2. The summed E-state index contributed by atoms with van der Waals surface area (Å²) in [7, 11) is 0. The molecule has 2 aliphatic heterocycles.